The number of aromatic nitrogens is 2. The van der Waals surface area contributed by atoms with Gasteiger partial charge in [0.05, 0.1) is 11.5 Å². The van der Waals surface area contributed by atoms with Crippen LogP contribution in [0.15, 0.2) is 22.7 Å². The zero-order valence-electron chi connectivity index (χ0n) is 13.9. The lowest BCUT2D eigenvalue weighted by molar-refractivity contribution is 0.196. The van der Waals surface area contributed by atoms with Crippen LogP contribution in [0, 0.1) is 0 Å². The van der Waals surface area contributed by atoms with E-state index >= 15 is 0 Å². The quantitative estimate of drug-likeness (QED) is 0.759. The van der Waals surface area contributed by atoms with Gasteiger partial charge in [-0.05, 0) is 24.6 Å². The van der Waals surface area contributed by atoms with Crippen LogP contribution >= 0.6 is 23.2 Å². The minimum atomic E-state index is -2.86. The van der Waals surface area contributed by atoms with Gasteiger partial charge in [-0.15, -0.1) is 0 Å². The molecule has 1 aromatic heterocycles. The third kappa shape index (κ3) is 3.83. The molecule has 2 aliphatic heterocycles. The number of benzene rings is 1. The Morgan fingerprint density at radius 2 is 1.77 bits per heavy atom. The van der Waals surface area contributed by atoms with Crippen molar-refractivity contribution in [3.05, 3.63) is 28.2 Å². The van der Waals surface area contributed by atoms with Crippen molar-refractivity contribution >= 4 is 39.1 Å². The number of halogens is 2. The van der Waals surface area contributed by atoms with Crippen molar-refractivity contribution in [3.8, 4) is 11.4 Å². The average molecular weight is 417 g/mol. The van der Waals surface area contributed by atoms with Crippen LogP contribution in [0.25, 0.3) is 11.4 Å². The van der Waals surface area contributed by atoms with E-state index in [0.717, 1.165) is 19.5 Å². The molecule has 1 unspecified atom stereocenters. The van der Waals surface area contributed by atoms with Crippen LogP contribution in [0.4, 0.5) is 6.01 Å². The highest BCUT2D eigenvalue weighted by Gasteiger charge is 2.34. The average Bonchev–Trinajstić information content (AvgIpc) is 3.21. The van der Waals surface area contributed by atoms with Crippen LogP contribution in [0.3, 0.4) is 0 Å². The predicted octanol–water partition coefficient (Wildman–Crippen LogP) is 2.35. The maximum atomic E-state index is 11.7. The number of piperazine rings is 1. The summed E-state index contributed by atoms with van der Waals surface area (Å²) in [6.07, 6.45) is 0.725. The van der Waals surface area contributed by atoms with Crippen LogP contribution in [0.2, 0.25) is 10.0 Å². The Hall–Kier alpha value is -1.35. The number of nitrogens with zero attached hydrogens (tertiary/aromatic N) is 4. The summed E-state index contributed by atoms with van der Waals surface area (Å²) < 4.78 is 28.7. The Morgan fingerprint density at radius 3 is 2.38 bits per heavy atom. The summed E-state index contributed by atoms with van der Waals surface area (Å²) >= 11 is 12.0. The van der Waals surface area contributed by atoms with Gasteiger partial charge in [0.1, 0.15) is 0 Å². The minimum absolute atomic E-state index is 0.133. The summed E-state index contributed by atoms with van der Waals surface area (Å²) in [6, 6.07) is 5.71. The number of anilines is 1. The molecule has 0 bridgehead atoms. The van der Waals surface area contributed by atoms with Gasteiger partial charge in [0.25, 0.3) is 0 Å². The fourth-order valence-corrected chi connectivity index (χ4v) is 5.77. The second-order valence-corrected chi connectivity index (χ2v) is 9.74. The number of hydrogen-bond donors (Lipinski definition) is 0. The highest BCUT2D eigenvalue weighted by atomic mass is 35.5. The molecule has 0 amide bonds. The Kier molecular flexibility index (Phi) is 4.85. The first-order valence-corrected chi connectivity index (χ1v) is 11.0. The molecule has 10 heteroatoms. The molecule has 0 radical (unpaired) electrons. The summed E-state index contributed by atoms with van der Waals surface area (Å²) in [4.78, 5) is 8.71. The molecule has 4 rings (SSSR count). The smallest absolute Gasteiger partial charge is 0.322 e. The molecule has 2 saturated heterocycles. The zero-order chi connectivity index (χ0) is 18.3. The van der Waals surface area contributed by atoms with Crippen LogP contribution in [-0.4, -0.2) is 67.2 Å². The van der Waals surface area contributed by atoms with Crippen LogP contribution < -0.4 is 4.90 Å². The van der Waals surface area contributed by atoms with E-state index in [-0.39, 0.29) is 11.8 Å². The lowest BCUT2D eigenvalue weighted by Crippen LogP contribution is -2.50. The van der Waals surface area contributed by atoms with Gasteiger partial charge in [-0.2, -0.15) is 4.98 Å². The monoisotopic (exact) mass is 416 g/mol. The lowest BCUT2D eigenvalue weighted by Gasteiger charge is -2.36. The van der Waals surface area contributed by atoms with Gasteiger partial charge in [0.15, 0.2) is 9.84 Å². The molecule has 7 nitrogen and oxygen atoms in total. The van der Waals surface area contributed by atoms with E-state index in [4.69, 9.17) is 27.7 Å². The Bertz CT molecular complexity index is 890. The molecule has 2 aromatic rings. The second kappa shape index (κ2) is 6.99. The standard InChI is InChI=1S/C16H18Cl2N4O3S/c17-12-7-11(8-13(18)9-12)15-19-16(25-20-15)22-4-2-21(3-5-22)14-1-6-26(23,24)10-14/h7-9,14H,1-6,10H2. The first-order valence-electron chi connectivity index (χ1n) is 8.39. The molecule has 26 heavy (non-hydrogen) atoms. The summed E-state index contributed by atoms with van der Waals surface area (Å²) in [5.41, 5.74) is 0.701. The molecular formula is C16H18Cl2N4O3S. The van der Waals surface area contributed by atoms with E-state index in [1.807, 2.05) is 4.90 Å². The third-order valence-electron chi connectivity index (χ3n) is 4.85. The van der Waals surface area contributed by atoms with Crippen molar-refractivity contribution in [1.29, 1.82) is 0 Å². The summed E-state index contributed by atoms with van der Waals surface area (Å²) in [6.45, 7) is 2.99. The molecule has 1 aromatic carbocycles. The largest absolute Gasteiger partial charge is 0.324 e. The van der Waals surface area contributed by atoms with E-state index in [1.54, 1.807) is 18.2 Å². The fourth-order valence-electron chi connectivity index (χ4n) is 3.49. The Morgan fingerprint density at radius 1 is 1.08 bits per heavy atom. The van der Waals surface area contributed by atoms with Gasteiger partial charge < -0.3 is 9.42 Å². The molecule has 0 aliphatic carbocycles. The van der Waals surface area contributed by atoms with E-state index in [9.17, 15) is 8.42 Å². The van der Waals surface area contributed by atoms with Crippen LogP contribution in [0.1, 0.15) is 6.42 Å². The molecular weight excluding hydrogens is 399 g/mol. The van der Waals surface area contributed by atoms with E-state index in [2.05, 4.69) is 15.0 Å². The lowest BCUT2D eigenvalue weighted by atomic mass is 10.2. The number of rotatable bonds is 3. The molecule has 2 fully saturated rings. The second-order valence-electron chi connectivity index (χ2n) is 6.64. The first kappa shape index (κ1) is 18.0. The highest BCUT2D eigenvalue weighted by molar-refractivity contribution is 7.91. The minimum Gasteiger partial charge on any atom is -0.322 e. The van der Waals surface area contributed by atoms with Crippen molar-refractivity contribution in [2.24, 2.45) is 0 Å². The first-order chi connectivity index (χ1) is 12.4. The maximum Gasteiger partial charge on any atom is 0.324 e. The van der Waals surface area contributed by atoms with Gasteiger partial charge in [-0.1, -0.05) is 28.4 Å². The van der Waals surface area contributed by atoms with Crippen LogP contribution in [0.5, 0.6) is 0 Å². The van der Waals surface area contributed by atoms with Crippen LogP contribution in [-0.2, 0) is 9.84 Å². The molecule has 0 saturated carbocycles. The van der Waals surface area contributed by atoms with E-state index in [0.29, 0.717) is 46.3 Å². The van der Waals surface area contributed by atoms with Gasteiger partial charge in [0, 0.05) is 47.8 Å². The summed E-state index contributed by atoms with van der Waals surface area (Å²) in [7, 11) is -2.86. The predicted molar refractivity (Wildman–Crippen MR) is 101 cm³/mol. The molecule has 140 valence electrons. The van der Waals surface area contributed by atoms with Crippen molar-refractivity contribution < 1.29 is 12.9 Å². The third-order valence-corrected chi connectivity index (χ3v) is 7.03. The Labute approximate surface area is 161 Å². The number of sulfone groups is 1. The zero-order valence-corrected chi connectivity index (χ0v) is 16.3. The maximum absolute atomic E-state index is 11.7. The topological polar surface area (TPSA) is 79.5 Å². The van der Waals surface area contributed by atoms with Crippen molar-refractivity contribution in [2.75, 3.05) is 42.6 Å². The summed E-state index contributed by atoms with van der Waals surface area (Å²) in [5, 5.41) is 5.05. The Balaban J connectivity index is 1.42. The molecule has 3 heterocycles. The van der Waals surface area contributed by atoms with E-state index in [1.165, 1.54) is 0 Å². The molecule has 2 aliphatic rings. The SMILES string of the molecule is O=S1(=O)CCC(N2CCN(c3nc(-c4cc(Cl)cc(Cl)c4)no3)CC2)C1. The molecule has 0 N–H and O–H groups in total. The van der Waals surface area contributed by atoms with Crippen molar-refractivity contribution in [2.45, 2.75) is 12.5 Å². The molecule has 1 atom stereocenters. The number of hydrogen-bond acceptors (Lipinski definition) is 7. The van der Waals surface area contributed by atoms with Gasteiger partial charge in [-0.25, -0.2) is 8.42 Å². The van der Waals surface area contributed by atoms with Gasteiger partial charge in [0.2, 0.25) is 5.82 Å². The van der Waals surface area contributed by atoms with E-state index < -0.39 is 9.84 Å². The normalized spacial score (nSPS) is 23.5. The van der Waals surface area contributed by atoms with Gasteiger partial charge >= 0.3 is 6.01 Å². The van der Waals surface area contributed by atoms with Gasteiger partial charge in [-0.3, -0.25) is 4.90 Å². The van der Waals surface area contributed by atoms with Crippen molar-refractivity contribution in [1.82, 2.24) is 15.0 Å². The van der Waals surface area contributed by atoms with Crippen molar-refractivity contribution in [3.63, 3.8) is 0 Å². The summed E-state index contributed by atoms with van der Waals surface area (Å²) in [5.74, 6) is 1.01. The highest BCUT2D eigenvalue weighted by Crippen LogP contribution is 2.27. The molecule has 0 spiro atoms. The fraction of sp³-hybridized carbons (Fsp3) is 0.500.